The molecule has 0 saturated carbocycles. The van der Waals surface area contributed by atoms with Crippen molar-refractivity contribution in [3.05, 3.63) is 29.8 Å². The molecule has 0 aromatic heterocycles. The SMILES string of the molecule is Cl.NCC1CCCCN1Cc1cccc(O)c1. The molecule has 1 aromatic carbocycles. The first-order valence-corrected chi connectivity index (χ1v) is 6.01. The van der Waals surface area contributed by atoms with Crippen molar-refractivity contribution in [3.8, 4) is 5.75 Å². The van der Waals surface area contributed by atoms with Crippen LogP contribution < -0.4 is 5.73 Å². The third kappa shape index (κ3) is 3.87. The number of nitrogens with zero attached hydrogens (tertiary/aromatic N) is 1. The molecule has 2 rings (SSSR count). The maximum Gasteiger partial charge on any atom is 0.115 e. The second-order valence-corrected chi connectivity index (χ2v) is 4.53. The van der Waals surface area contributed by atoms with Gasteiger partial charge in [0.1, 0.15) is 5.75 Å². The lowest BCUT2D eigenvalue weighted by Gasteiger charge is -2.35. The Balaban J connectivity index is 0.00000144. The zero-order chi connectivity index (χ0) is 11.4. The number of halogens is 1. The molecule has 1 heterocycles. The van der Waals surface area contributed by atoms with E-state index in [4.69, 9.17) is 5.73 Å². The van der Waals surface area contributed by atoms with Crippen molar-refractivity contribution in [1.82, 2.24) is 4.90 Å². The van der Waals surface area contributed by atoms with Gasteiger partial charge in [-0.1, -0.05) is 18.6 Å². The first-order valence-electron chi connectivity index (χ1n) is 6.01. The number of benzene rings is 1. The smallest absolute Gasteiger partial charge is 0.115 e. The van der Waals surface area contributed by atoms with Crippen LogP contribution in [0.2, 0.25) is 0 Å². The molecule has 96 valence electrons. The quantitative estimate of drug-likeness (QED) is 0.871. The van der Waals surface area contributed by atoms with Crippen molar-refractivity contribution in [1.29, 1.82) is 0 Å². The van der Waals surface area contributed by atoms with Gasteiger partial charge in [0.05, 0.1) is 0 Å². The van der Waals surface area contributed by atoms with Crippen molar-refractivity contribution >= 4 is 12.4 Å². The predicted molar refractivity (Wildman–Crippen MR) is 72.5 cm³/mol. The van der Waals surface area contributed by atoms with Crippen molar-refractivity contribution in [2.75, 3.05) is 13.1 Å². The third-order valence-corrected chi connectivity index (χ3v) is 3.32. The highest BCUT2D eigenvalue weighted by molar-refractivity contribution is 5.85. The van der Waals surface area contributed by atoms with E-state index < -0.39 is 0 Å². The fraction of sp³-hybridized carbons (Fsp3) is 0.538. The second kappa shape index (κ2) is 6.84. The Kier molecular flexibility index (Phi) is 5.75. The van der Waals surface area contributed by atoms with Crippen LogP contribution >= 0.6 is 12.4 Å². The molecule has 1 aromatic rings. The summed E-state index contributed by atoms with van der Waals surface area (Å²) in [5.41, 5.74) is 6.95. The van der Waals surface area contributed by atoms with Crippen LogP contribution in [-0.2, 0) is 6.54 Å². The van der Waals surface area contributed by atoms with Gasteiger partial charge in [0.25, 0.3) is 0 Å². The van der Waals surface area contributed by atoms with Gasteiger partial charge in [0, 0.05) is 19.1 Å². The van der Waals surface area contributed by atoms with E-state index in [1.54, 1.807) is 6.07 Å². The Morgan fingerprint density at radius 2 is 2.18 bits per heavy atom. The van der Waals surface area contributed by atoms with Crippen molar-refractivity contribution in [3.63, 3.8) is 0 Å². The Morgan fingerprint density at radius 3 is 2.88 bits per heavy atom. The summed E-state index contributed by atoms with van der Waals surface area (Å²) in [6, 6.07) is 8.01. The zero-order valence-electron chi connectivity index (χ0n) is 10.0. The summed E-state index contributed by atoms with van der Waals surface area (Å²) in [5.74, 6) is 0.346. The van der Waals surface area contributed by atoms with Gasteiger partial charge >= 0.3 is 0 Å². The van der Waals surface area contributed by atoms with Crippen LogP contribution in [0.3, 0.4) is 0 Å². The van der Waals surface area contributed by atoms with Gasteiger partial charge in [-0.3, -0.25) is 4.90 Å². The van der Waals surface area contributed by atoms with E-state index in [-0.39, 0.29) is 12.4 Å². The lowest BCUT2D eigenvalue weighted by molar-refractivity contribution is 0.145. The highest BCUT2D eigenvalue weighted by Gasteiger charge is 2.20. The van der Waals surface area contributed by atoms with Crippen LogP contribution in [0.5, 0.6) is 5.75 Å². The minimum atomic E-state index is 0. The van der Waals surface area contributed by atoms with Crippen LogP contribution in [0.1, 0.15) is 24.8 Å². The molecule has 0 radical (unpaired) electrons. The summed E-state index contributed by atoms with van der Waals surface area (Å²) in [7, 11) is 0. The van der Waals surface area contributed by atoms with Gasteiger partial charge in [-0.25, -0.2) is 0 Å². The van der Waals surface area contributed by atoms with Crippen molar-refractivity contribution in [2.45, 2.75) is 31.8 Å². The summed E-state index contributed by atoms with van der Waals surface area (Å²) in [6.07, 6.45) is 3.75. The molecule has 4 heteroatoms. The molecule has 1 aliphatic heterocycles. The van der Waals surface area contributed by atoms with E-state index in [1.807, 2.05) is 12.1 Å². The largest absolute Gasteiger partial charge is 0.508 e. The molecular formula is C13H21ClN2O. The maximum atomic E-state index is 9.42. The maximum absolute atomic E-state index is 9.42. The summed E-state index contributed by atoms with van der Waals surface area (Å²) in [5, 5.41) is 9.42. The van der Waals surface area contributed by atoms with Gasteiger partial charge < -0.3 is 10.8 Å². The Morgan fingerprint density at radius 1 is 1.35 bits per heavy atom. The number of phenolic OH excluding ortho intramolecular Hbond substituents is 1. The number of hydrogen-bond donors (Lipinski definition) is 2. The van der Waals surface area contributed by atoms with E-state index in [2.05, 4.69) is 11.0 Å². The molecule has 1 unspecified atom stereocenters. The van der Waals surface area contributed by atoms with Crippen LogP contribution in [-0.4, -0.2) is 29.1 Å². The first-order chi connectivity index (χ1) is 7.79. The predicted octanol–water partition coefficient (Wildman–Crippen LogP) is 2.13. The molecule has 0 aliphatic carbocycles. The molecule has 1 saturated heterocycles. The standard InChI is InChI=1S/C13H20N2O.ClH/c14-9-12-5-1-2-7-15(12)10-11-4-3-6-13(16)8-11;/h3-4,6,8,12,16H,1-2,5,7,9-10,14H2;1H. The molecule has 3 N–H and O–H groups in total. The number of phenols is 1. The van der Waals surface area contributed by atoms with Gasteiger partial charge in [-0.05, 0) is 37.1 Å². The number of nitrogens with two attached hydrogens (primary N) is 1. The summed E-state index contributed by atoms with van der Waals surface area (Å²) < 4.78 is 0. The lowest BCUT2D eigenvalue weighted by Crippen LogP contribution is -2.43. The molecule has 1 atom stereocenters. The highest BCUT2D eigenvalue weighted by Crippen LogP contribution is 2.20. The Labute approximate surface area is 109 Å². The molecule has 3 nitrogen and oxygen atoms in total. The molecular weight excluding hydrogens is 236 g/mol. The molecule has 0 amide bonds. The second-order valence-electron chi connectivity index (χ2n) is 4.53. The zero-order valence-corrected chi connectivity index (χ0v) is 10.8. The molecule has 0 spiro atoms. The minimum absolute atomic E-state index is 0. The van der Waals surface area contributed by atoms with E-state index in [9.17, 15) is 5.11 Å². The number of piperidine rings is 1. The van der Waals surface area contributed by atoms with Crippen molar-refractivity contribution < 1.29 is 5.11 Å². The topological polar surface area (TPSA) is 49.5 Å². The van der Waals surface area contributed by atoms with E-state index >= 15 is 0 Å². The summed E-state index contributed by atoms with van der Waals surface area (Å²) >= 11 is 0. The van der Waals surface area contributed by atoms with Crippen LogP contribution in [0.4, 0.5) is 0 Å². The van der Waals surface area contributed by atoms with Crippen molar-refractivity contribution in [2.24, 2.45) is 5.73 Å². The fourth-order valence-electron chi connectivity index (χ4n) is 2.42. The van der Waals surface area contributed by atoms with Crippen LogP contribution in [0.15, 0.2) is 24.3 Å². The normalized spacial score (nSPS) is 20.9. The molecule has 1 aliphatic rings. The summed E-state index contributed by atoms with van der Waals surface area (Å²) in [4.78, 5) is 2.43. The van der Waals surface area contributed by atoms with Gasteiger partial charge in [0.15, 0.2) is 0 Å². The fourth-order valence-corrected chi connectivity index (χ4v) is 2.42. The monoisotopic (exact) mass is 256 g/mol. The third-order valence-electron chi connectivity index (χ3n) is 3.32. The van der Waals surface area contributed by atoms with E-state index in [1.165, 1.54) is 24.8 Å². The number of aromatic hydroxyl groups is 1. The van der Waals surface area contributed by atoms with Crippen LogP contribution in [0, 0.1) is 0 Å². The average Bonchev–Trinajstić information content (AvgIpc) is 2.30. The first kappa shape index (κ1) is 14.3. The number of likely N-dealkylation sites (tertiary alicyclic amines) is 1. The van der Waals surface area contributed by atoms with E-state index in [0.717, 1.165) is 19.6 Å². The minimum Gasteiger partial charge on any atom is -0.508 e. The molecule has 0 bridgehead atoms. The molecule has 17 heavy (non-hydrogen) atoms. The van der Waals surface area contributed by atoms with Gasteiger partial charge in [0.2, 0.25) is 0 Å². The molecule has 1 fully saturated rings. The number of hydrogen-bond acceptors (Lipinski definition) is 3. The number of rotatable bonds is 3. The van der Waals surface area contributed by atoms with Crippen LogP contribution in [0.25, 0.3) is 0 Å². The van der Waals surface area contributed by atoms with E-state index in [0.29, 0.717) is 11.8 Å². The highest BCUT2D eigenvalue weighted by atomic mass is 35.5. The Hall–Kier alpha value is -0.770. The summed E-state index contributed by atoms with van der Waals surface area (Å²) in [6.45, 7) is 2.76. The lowest BCUT2D eigenvalue weighted by atomic mass is 10.0. The average molecular weight is 257 g/mol. The van der Waals surface area contributed by atoms with Gasteiger partial charge in [-0.15, -0.1) is 12.4 Å². The Bertz CT molecular complexity index is 346. The van der Waals surface area contributed by atoms with Gasteiger partial charge in [-0.2, -0.15) is 0 Å².